The maximum atomic E-state index is 2.39. The molecule has 0 heterocycles. The third kappa shape index (κ3) is 2.00. The normalized spacial score (nSPS) is 12.0. The van der Waals surface area contributed by atoms with Crippen LogP contribution in [0.5, 0.6) is 0 Å². The average Bonchev–Trinajstić information content (AvgIpc) is 2.82. The molecule has 0 saturated carbocycles. The smallest absolute Gasteiger partial charge is 0.00137 e. The zero-order chi connectivity index (χ0) is 19.7. The fraction of sp³-hybridized carbons (Fsp3) is 0. The highest BCUT2D eigenvalue weighted by atomic mass is 14.2. The molecule has 0 nitrogen and oxygen atoms in total. The van der Waals surface area contributed by atoms with Gasteiger partial charge in [0.2, 0.25) is 0 Å². The first-order chi connectivity index (χ1) is 14.9. The molecule has 0 N–H and O–H groups in total. The summed E-state index contributed by atoms with van der Waals surface area (Å²) in [4.78, 5) is 0. The van der Waals surface area contributed by atoms with Crippen molar-refractivity contribution in [1.29, 1.82) is 0 Å². The van der Waals surface area contributed by atoms with Crippen LogP contribution >= 0.6 is 0 Å². The molecule has 0 aliphatic carbocycles. The minimum Gasteiger partial charge on any atom is -0.0622 e. The predicted molar refractivity (Wildman–Crippen MR) is 131 cm³/mol. The van der Waals surface area contributed by atoms with Crippen LogP contribution in [0.2, 0.25) is 0 Å². The number of fused-ring (bicyclic) bond motifs is 4. The maximum Gasteiger partial charge on any atom is -0.00137 e. The van der Waals surface area contributed by atoms with Crippen LogP contribution in [-0.4, -0.2) is 0 Å². The highest BCUT2D eigenvalue weighted by Gasteiger charge is 2.17. The Morgan fingerprint density at radius 1 is 0.333 bits per heavy atom. The average molecular weight is 378 g/mol. The Bertz CT molecular complexity index is 1720. The van der Waals surface area contributed by atoms with E-state index in [1.54, 1.807) is 0 Å². The fourth-order valence-electron chi connectivity index (χ4n) is 5.33. The minimum atomic E-state index is 1.27. The summed E-state index contributed by atoms with van der Waals surface area (Å²) in [5.74, 6) is 0. The topological polar surface area (TPSA) is 0 Å². The SMILES string of the molecule is c1ccc(-c2ccc3c4cccc5cccc(c6cc7ccccc7c2c36)c54)cc1. The molecule has 0 radical (unpaired) electrons. The molecule has 0 atom stereocenters. The van der Waals surface area contributed by atoms with E-state index in [1.807, 2.05) is 0 Å². The van der Waals surface area contributed by atoms with Gasteiger partial charge in [-0.3, -0.25) is 0 Å². The van der Waals surface area contributed by atoms with Crippen molar-refractivity contribution in [2.75, 3.05) is 0 Å². The van der Waals surface area contributed by atoms with Crippen molar-refractivity contribution in [3.63, 3.8) is 0 Å². The van der Waals surface area contributed by atoms with Gasteiger partial charge in [-0.1, -0.05) is 103 Å². The summed E-state index contributed by atoms with van der Waals surface area (Å²) < 4.78 is 0. The van der Waals surface area contributed by atoms with Crippen LogP contribution < -0.4 is 0 Å². The number of hydrogen-bond acceptors (Lipinski definition) is 0. The van der Waals surface area contributed by atoms with Gasteiger partial charge in [0.25, 0.3) is 0 Å². The Balaban J connectivity index is 1.86. The molecule has 138 valence electrons. The fourth-order valence-corrected chi connectivity index (χ4v) is 5.33. The lowest BCUT2D eigenvalue weighted by molar-refractivity contribution is 1.67. The summed E-state index contributed by atoms with van der Waals surface area (Å²) in [6, 6.07) is 40.0. The van der Waals surface area contributed by atoms with Gasteiger partial charge in [-0.25, -0.2) is 0 Å². The van der Waals surface area contributed by atoms with E-state index in [9.17, 15) is 0 Å². The van der Waals surface area contributed by atoms with Gasteiger partial charge in [-0.15, -0.1) is 0 Å². The highest BCUT2D eigenvalue weighted by Crippen LogP contribution is 2.45. The van der Waals surface area contributed by atoms with Gasteiger partial charge in [-0.2, -0.15) is 0 Å². The molecular formula is C30H18. The summed E-state index contributed by atoms with van der Waals surface area (Å²) >= 11 is 0. The molecule has 0 fully saturated rings. The molecule has 0 saturated heterocycles. The van der Waals surface area contributed by atoms with E-state index in [-0.39, 0.29) is 0 Å². The summed E-state index contributed by atoms with van der Waals surface area (Å²) in [6.45, 7) is 0. The monoisotopic (exact) mass is 378 g/mol. The largest absolute Gasteiger partial charge is 0.0622 e. The van der Waals surface area contributed by atoms with Crippen molar-refractivity contribution in [2.45, 2.75) is 0 Å². The van der Waals surface area contributed by atoms with E-state index in [0.29, 0.717) is 0 Å². The van der Waals surface area contributed by atoms with Crippen LogP contribution in [0.4, 0.5) is 0 Å². The Morgan fingerprint density at radius 2 is 0.967 bits per heavy atom. The predicted octanol–water partition coefficient (Wildman–Crippen LogP) is 8.56. The second-order valence-corrected chi connectivity index (χ2v) is 8.13. The van der Waals surface area contributed by atoms with Crippen molar-refractivity contribution in [3.05, 3.63) is 109 Å². The molecule has 0 aliphatic heterocycles. The lowest BCUT2D eigenvalue weighted by Gasteiger charge is -2.18. The Kier molecular flexibility index (Phi) is 3.09. The van der Waals surface area contributed by atoms with Crippen LogP contribution in [-0.2, 0) is 0 Å². The first-order valence-electron chi connectivity index (χ1n) is 10.5. The van der Waals surface area contributed by atoms with Gasteiger partial charge in [-0.05, 0) is 71.1 Å². The van der Waals surface area contributed by atoms with E-state index < -0.39 is 0 Å². The van der Waals surface area contributed by atoms with Crippen molar-refractivity contribution < 1.29 is 0 Å². The van der Waals surface area contributed by atoms with E-state index >= 15 is 0 Å². The molecule has 30 heavy (non-hydrogen) atoms. The van der Waals surface area contributed by atoms with E-state index in [0.717, 1.165) is 0 Å². The molecule has 0 aromatic heterocycles. The Hall–Kier alpha value is -3.90. The molecule has 0 unspecified atom stereocenters. The first kappa shape index (κ1) is 16.0. The Morgan fingerprint density at radius 3 is 1.80 bits per heavy atom. The van der Waals surface area contributed by atoms with Crippen molar-refractivity contribution in [2.24, 2.45) is 0 Å². The van der Waals surface area contributed by atoms with Crippen LogP contribution in [0, 0.1) is 0 Å². The molecule has 0 bridgehead atoms. The van der Waals surface area contributed by atoms with Gasteiger partial charge < -0.3 is 0 Å². The zero-order valence-electron chi connectivity index (χ0n) is 16.4. The molecule has 7 aromatic carbocycles. The summed E-state index contributed by atoms with van der Waals surface area (Å²) in [5, 5.41) is 13.4. The molecule has 0 heteroatoms. The Labute approximate surface area is 174 Å². The van der Waals surface area contributed by atoms with E-state index in [4.69, 9.17) is 0 Å². The quantitative estimate of drug-likeness (QED) is 0.198. The van der Waals surface area contributed by atoms with E-state index in [2.05, 4.69) is 109 Å². The number of hydrogen-bond donors (Lipinski definition) is 0. The van der Waals surface area contributed by atoms with E-state index in [1.165, 1.54) is 65.0 Å². The number of rotatable bonds is 1. The lowest BCUT2D eigenvalue weighted by Crippen LogP contribution is -1.90. The summed E-state index contributed by atoms with van der Waals surface area (Å²) in [7, 11) is 0. The second-order valence-electron chi connectivity index (χ2n) is 8.13. The minimum absolute atomic E-state index is 1.27. The van der Waals surface area contributed by atoms with Gasteiger partial charge in [0.15, 0.2) is 0 Å². The highest BCUT2D eigenvalue weighted by molar-refractivity contribution is 6.37. The molecule has 7 aromatic rings. The van der Waals surface area contributed by atoms with Gasteiger partial charge >= 0.3 is 0 Å². The third-order valence-corrected chi connectivity index (χ3v) is 6.57. The molecule has 0 aliphatic rings. The zero-order valence-corrected chi connectivity index (χ0v) is 16.4. The van der Waals surface area contributed by atoms with Crippen LogP contribution in [0.3, 0.4) is 0 Å². The third-order valence-electron chi connectivity index (χ3n) is 6.57. The molecule has 0 amide bonds. The molecular weight excluding hydrogens is 360 g/mol. The number of benzene rings is 7. The summed E-state index contributed by atoms with van der Waals surface area (Å²) in [5.41, 5.74) is 2.57. The van der Waals surface area contributed by atoms with Crippen molar-refractivity contribution in [1.82, 2.24) is 0 Å². The summed E-state index contributed by atoms with van der Waals surface area (Å²) in [6.07, 6.45) is 0. The van der Waals surface area contributed by atoms with Gasteiger partial charge in [0.05, 0.1) is 0 Å². The van der Waals surface area contributed by atoms with Crippen LogP contribution in [0.25, 0.3) is 65.0 Å². The van der Waals surface area contributed by atoms with Crippen molar-refractivity contribution in [3.8, 4) is 11.1 Å². The lowest BCUT2D eigenvalue weighted by atomic mass is 9.85. The van der Waals surface area contributed by atoms with Crippen LogP contribution in [0.1, 0.15) is 0 Å². The van der Waals surface area contributed by atoms with Gasteiger partial charge in [0.1, 0.15) is 0 Å². The molecule has 0 spiro atoms. The standard InChI is InChI=1S/C30H18/c1-2-8-19(9-3-1)23-16-17-26-24-14-6-11-20-12-7-15-25(28(20)24)27-18-21-10-4-5-13-22(21)29(23)30(26)27/h1-18H. The maximum absolute atomic E-state index is 2.39. The first-order valence-corrected chi connectivity index (χ1v) is 10.5. The van der Waals surface area contributed by atoms with Gasteiger partial charge in [0, 0.05) is 0 Å². The second kappa shape index (κ2) is 5.81. The molecule has 7 rings (SSSR count). The van der Waals surface area contributed by atoms with Crippen LogP contribution in [0.15, 0.2) is 109 Å². The van der Waals surface area contributed by atoms with Crippen molar-refractivity contribution >= 4 is 53.9 Å².